The van der Waals surface area contributed by atoms with Crippen LogP contribution in [-0.4, -0.2) is 31.7 Å². The topological polar surface area (TPSA) is 38.7 Å². The van der Waals surface area contributed by atoms with E-state index in [1.165, 1.54) is 0 Å². The van der Waals surface area contributed by atoms with Crippen LogP contribution in [0.2, 0.25) is 0 Å². The maximum Gasteiger partial charge on any atom is 0.157 e. The summed E-state index contributed by atoms with van der Waals surface area (Å²) in [4.78, 5) is 0. The van der Waals surface area contributed by atoms with Crippen molar-refractivity contribution in [3.63, 3.8) is 0 Å². The molecule has 1 aromatic rings. The molecular weight excluding hydrogens is 228 g/mol. The minimum atomic E-state index is -0.717. The zero-order valence-corrected chi connectivity index (χ0v) is 11.1. The molecule has 2 unspecified atom stereocenters. The van der Waals surface area contributed by atoms with Crippen molar-refractivity contribution in [3.8, 4) is 11.8 Å². The van der Waals surface area contributed by atoms with Gasteiger partial charge in [-0.15, -0.1) is 5.92 Å². The summed E-state index contributed by atoms with van der Waals surface area (Å²) in [6.07, 6.45) is -0.499. The molecule has 3 nitrogen and oxygen atoms in total. The Morgan fingerprint density at radius 2 is 1.78 bits per heavy atom. The summed E-state index contributed by atoms with van der Waals surface area (Å²) in [5.74, 6) is 5.42. The Morgan fingerprint density at radius 3 is 2.28 bits per heavy atom. The van der Waals surface area contributed by atoms with Gasteiger partial charge in [0.1, 0.15) is 6.10 Å². The van der Waals surface area contributed by atoms with Gasteiger partial charge >= 0.3 is 0 Å². The number of methoxy groups -OCH3 is 2. The van der Waals surface area contributed by atoms with Crippen LogP contribution in [0.25, 0.3) is 0 Å². The summed E-state index contributed by atoms with van der Waals surface area (Å²) in [7, 11) is 3.18. The third-order valence-electron chi connectivity index (χ3n) is 2.87. The van der Waals surface area contributed by atoms with Crippen LogP contribution < -0.4 is 0 Å². The van der Waals surface area contributed by atoms with Crippen LogP contribution in [0.5, 0.6) is 0 Å². The van der Waals surface area contributed by atoms with Crippen molar-refractivity contribution in [2.45, 2.75) is 31.7 Å². The van der Waals surface area contributed by atoms with Crippen molar-refractivity contribution >= 4 is 0 Å². The normalized spacial score (nSPS) is 13.8. The molecule has 98 valence electrons. The van der Waals surface area contributed by atoms with Crippen LogP contribution in [0.4, 0.5) is 0 Å². The van der Waals surface area contributed by atoms with Gasteiger partial charge < -0.3 is 14.6 Å². The second-order valence-corrected chi connectivity index (χ2v) is 3.99. The molecule has 0 amide bonds. The molecule has 0 spiro atoms. The van der Waals surface area contributed by atoms with Gasteiger partial charge in [-0.3, -0.25) is 0 Å². The lowest BCUT2D eigenvalue weighted by atomic mass is 9.90. The van der Waals surface area contributed by atoms with E-state index in [2.05, 4.69) is 11.8 Å². The molecule has 0 aromatic heterocycles. The molecule has 1 rings (SSSR count). The van der Waals surface area contributed by atoms with Gasteiger partial charge in [-0.1, -0.05) is 36.3 Å². The molecule has 0 saturated heterocycles. The highest BCUT2D eigenvalue weighted by Crippen LogP contribution is 2.26. The maximum absolute atomic E-state index is 10.1. The second-order valence-electron chi connectivity index (χ2n) is 3.99. The van der Waals surface area contributed by atoms with Crippen molar-refractivity contribution in [2.24, 2.45) is 0 Å². The van der Waals surface area contributed by atoms with E-state index in [0.29, 0.717) is 6.42 Å². The molecule has 0 fully saturated rings. The number of aliphatic hydroxyl groups excluding tert-OH is 1. The number of aliphatic hydroxyl groups is 1. The number of benzene rings is 1. The van der Waals surface area contributed by atoms with Crippen LogP contribution in [0.15, 0.2) is 30.3 Å². The van der Waals surface area contributed by atoms with E-state index in [4.69, 9.17) is 9.47 Å². The minimum absolute atomic E-state index is 0.122. The predicted molar refractivity (Wildman–Crippen MR) is 71.1 cm³/mol. The van der Waals surface area contributed by atoms with Crippen LogP contribution in [0.3, 0.4) is 0 Å². The predicted octanol–water partition coefficient (Wildman–Crippen LogP) is 2.16. The van der Waals surface area contributed by atoms with Crippen molar-refractivity contribution in [3.05, 3.63) is 35.9 Å². The molecule has 0 aliphatic rings. The quantitative estimate of drug-likeness (QED) is 0.619. The van der Waals surface area contributed by atoms with Gasteiger partial charge in [0.25, 0.3) is 0 Å². The monoisotopic (exact) mass is 248 g/mol. The summed E-state index contributed by atoms with van der Waals surface area (Å²) in [6.45, 7) is 1.72. The van der Waals surface area contributed by atoms with Gasteiger partial charge in [0.2, 0.25) is 0 Å². The van der Waals surface area contributed by atoms with Crippen LogP contribution >= 0.6 is 0 Å². The number of hydrogen-bond acceptors (Lipinski definition) is 3. The van der Waals surface area contributed by atoms with Crippen LogP contribution in [-0.2, 0) is 9.47 Å². The molecule has 0 heterocycles. The Balaban J connectivity index is 2.90. The Bertz CT molecular complexity index is 387. The Morgan fingerprint density at radius 1 is 1.17 bits per heavy atom. The van der Waals surface area contributed by atoms with Gasteiger partial charge in [-0.2, -0.15) is 0 Å². The van der Waals surface area contributed by atoms with Crippen LogP contribution in [0, 0.1) is 11.8 Å². The van der Waals surface area contributed by atoms with Crippen molar-refractivity contribution in [1.82, 2.24) is 0 Å². The summed E-state index contributed by atoms with van der Waals surface area (Å²) in [5.41, 5.74) is 1.03. The van der Waals surface area contributed by atoms with E-state index >= 15 is 0 Å². The van der Waals surface area contributed by atoms with E-state index in [0.717, 1.165) is 5.56 Å². The lowest BCUT2D eigenvalue weighted by molar-refractivity contribution is -0.113. The fourth-order valence-electron chi connectivity index (χ4n) is 1.89. The molecule has 0 aliphatic heterocycles. The first-order valence-electron chi connectivity index (χ1n) is 5.93. The minimum Gasteiger partial charge on any atom is -0.380 e. The molecule has 0 bridgehead atoms. The van der Waals surface area contributed by atoms with Crippen molar-refractivity contribution < 1.29 is 14.6 Å². The van der Waals surface area contributed by atoms with Gasteiger partial charge in [-0.25, -0.2) is 0 Å². The van der Waals surface area contributed by atoms with Crippen molar-refractivity contribution in [1.29, 1.82) is 0 Å². The van der Waals surface area contributed by atoms with E-state index < -0.39 is 6.10 Å². The highest BCUT2D eigenvalue weighted by Gasteiger charge is 2.23. The summed E-state index contributed by atoms with van der Waals surface area (Å²) in [6, 6.07) is 9.80. The van der Waals surface area contributed by atoms with Gasteiger partial charge in [0.05, 0.1) is 0 Å². The zero-order chi connectivity index (χ0) is 13.4. The number of ether oxygens (including phenoxy) is 2. The van der Waals surface area contributed by atoms with E-state index in [1.807, 2.05) is 30.3 Å². The summed E-state index contributed by atoms with van der Waals surface area (Å²) < 4.78 is 10.4. The Hall–Kier alpha value is -1.34. The lowest BCUT2D eigenvalue weighted by Gasteiger charge is -2.23. The average Bonchev–Trinajstić information content (AvgIpc) is 2.41. The molecule has 3 heteroatoms. The van der Waals surface area contributed by atoms with E-state index in [-0.39, 0.29) is 12.2 Å². The average molecular weight is 248 g/mol. The maximum atomic E-state index is 10.1. The number of hydrogen-bond donors (Lipinski definition) is 1. The summed E-state index contributed by atoms with van der Waals surface area (Å²) >= 11 is 0. The Kier molecular flexibility index (Phi) is 6.45. The second kappa shape index (κ2) is 7.88. The molecule has 2 atom stereocenters. The standard InChI is InChI=1S/C15H20O3/c1-4-8-14(16)13(11-15(17-2)18-3)12-9-6-5-7-10-12/h5-7,9-10,13-16H,11H2,1-3H3. The lowest BCUT2D eigenvalue weighted by Crippen LogP contribution is -2.24. The first-order valence-corrected chi connectivity index (χ1v) is 5.93. The van der Waals surface area contributed by atoms with E-state index in [9.17, 15) is 5.11 Å². The van der Waals surface area contributed by atoms with E-state index in [1.54, 1.807) is 21.1 Å². The highest BCUT2D eigenvalue weighted by atomic mass is 16.7. The fourth-order valence-corrected chi connectivity index (χ4v) is 1.89. The molecular formula is C15H20O3. The zero-order valence-electron chi connectivity index (χ0n) is 11.1. The van der Waals surface area contributed by atoms with Gasteiger partial charge in [0, 0.05) is 26.6 Å². The Labute approximate surface area is 109 Å². The largest absolute Gasteiger partial charge is 0.380 e. The van der Waals surface area contributed by atoms with Crippen LogP contribution in [0.1, 0.15) is 24.8 Å². The van der Waals surface area contributed by atoms with Crippen molar-refractivity contribution in [2.75, 3.05) is 14.2 Å². The fraction of sp³-hybridized carbons (Fsp3) is 0.467. The first-order chi connectivity index (χ1) is 8.72. The molecule has 0 radical (unpaired) electrons. The molecule has 1 N–H and O–H groups in total. The summed E-state index contributed by atoms with van der Waals surface area (Å²) in [5, 5.41) is 10.1. The highest BCUT2D eigenvalue weighted by molar-refractivity contribution is 5.24. The number of rotatable bonds is 6. The SMILES string of the molecule is CC#CC(O)C(CC(OC)OC)c1ccccc1. The molecule has 18 heavy (non-hydrogen) atoms. The molecule has 0 aliphatic carbocycles. The van der Waals surface area contributed by atoms with Gasteiger partial charge in [0.15, 0.2) is 6.29 Å². The molecule has 1 aromatic carbocycles. The third-order valence-corrected chi connectivity index (χ3v) is 2.87. The van der Waals surface area contributed by atoms with Gasteiger partial charge in [-0.05, 0) is 12.5 Å². The third kappa shape index (κ3) is 4.15. The molecule has 0 saturated carbocycles. The first kappa shape index (κ1) is 14.7. The smallest absolute Gasteiger partial charge is 0.157 e.